The van der Waals surface area contributed by atoms with Gasteiger partial charge in [0.05, 0.1) is 12.2 Å². The van der Waals surface area contributed by atoms with Crippen molar-refractivity contribution < 1.29 is 19.4 Å². The Hall–Kier alpha value is -0.870. The van der Waals surface area contributed by atoms with E-state index in [1.54, 1.807) is 0 Å². The van der Waals surface area contributed by atoms with E-state index in [2.05, 4.69) is 20.8 Å². The highest BCUT2D eigenvalue weighted by Crippen LogP contribution is 2.94. The van der Waals surface area contributed by atoms with Crippen molar-refractivity contribution in [3.05, 3.63) is 11.1 Å². The lowest BCUT2D eigenvalue weighted by atomic mass is 9.45. The molecule has 4 saturated carbocycles. The highest BCUT2D eigenvalue weighted by Gasteiger charge is 2.96. The van der Waals surface area contributed by atoms with Crippen LogP contribution in [-0.2, 0) is 14.3 Å². The highest BCUT2D eigenvalue weighted by atomic mass is 16.6. The Kier molecular flexibility index (Phi) is 2.22. The van der Waals surface area contributed by atoms with Crippen LogP contribution in [0.3, 0.4) is 0 Å². The van der Waals surface area contributed by atoms with Crippen LogP contribution in [0.25, 0.3) is 0 Å². The molecule has 7 rings (SSSR count). The molecule has 0 bridgehead atoms. The molecule has 4 nitrogen and oxygen atoms in total. The average Bonchev–Trinajstić information content (AvgIpc) is 3.47. The molecule has 0 aromatic heterocycles. The fourth-order valence-corrected chi connectivity index (χ4v) is 9.32. The fourth-order valence-electron chi connectivity index (χ4n) is 9.32. The van der Waals surface area contributed by atoms with Crippen LogP contribution in [-0.4, -0.2) is 35.5 Å². The second kappa shape index (κ2) is 3.82. The maximum Gasteiger partial charge on any atom is 0.334 e. The van der Waals surface area contributed by atoms with E-state index >= 15 is 0 Å². The summed E-state index contributed by atoms with van der Waals surface area (Å²) in [6.07, 6.45) is 5.42. The van der Waals surface area contributed by atoms with Gasteiger partial charge in [-0.1, -0.05) is 20.8 Å². The summed E-state index contributed by atoms with van der Waals surface area (Å²) >= 11 is 0. The van der Waals surface area contributed by atoms with Crippen molar-refractivity contribution >= 4 is 5.97 Å². The van der Waals surface area contributed by atoms with Crippen molar-refractivity contribution in [1.29, 1.82) is 0 Å². The van der Waals surface area contributed by atoms with Crippen LogP contribution < -0.4 is 0 Å². The van der Waals surface area contributed by atoms with Crippen molar-refractivity contribution in [2.24, 2.45) is 39.9 Å². The molecule has 5 fully saturated rings. The Labute approximate surface area is 154 Å². The first-order valence-corrected chi connectivity index (χ1v) is 10.6. The summed E-state index contributed by atoms with van der Waals surface area (Å²) in [7, 11) is 0. The van der Waals surface area contributed by atoms with Crippen LogP contribution in [0.5, 0.6) is 0 Å². The van der Waals surface area contributed by atoms with Gasteiger partial charge in [-0.2, -0.15) is 0 Å². The van der Waals surface area contributed by atoms with Gasteiger partial charge in [-0.15, -0.1) is 0 Å². The lowest BCUT2D eigenvalue weighted by Gasteiger charge is -2.58. The van der Waals surface area contributed by atoms with Gasteiger partial charge in [0.2, 0.25) is 0 Å². The predicted octanol–water partition coefficient (Wildman–Crippen LogP) is 2.84. The van der Waals surface area contributed by atoms with E-state index < -0.39 is 0 Å². The van der Waals surface area contributed by atoms with E-state index in [0.717, 1.165) is 24.8 Å². The second-order valence-corrected chi connectivity index (χ2v) is 11.0. The number of carbonyl (C=O) groups excluding carboxylic acids is 1. The molecule has 9 atom stereocenters. The smallest absolute Gasteiger partial charge is 0.334 e. The fraction of sp³-hybridized carbons (Fsp3) is 0.864. The van der Waals surface area contributed by atoms with Crippen LogP contribution in [0.4, 0.5) is 0 Å². The summed E-state index contributed by atoms with van der Waals surface area (Å²) in [5.41, 5.74) is 2.54. The number of fused-ring (bicyclic) bond motifs is 4. The van der Waals surface area contributed by atoms with Crippen LogP contribution in [0.15, 0.2) is 11.1 Å². The van der Waals surface area contributed by atoms with Crippen LogP contribution in [0.1, 0.15) is 52.9 Å². The maximum absolute atomic E-state index is 12.1. The quantitative estimate of drug-likeness (QED) is 0.580. The molecule has 7 aliphatic rings. The number of cyclic esters (lactones) is 1. The van der Waals surface area contributed by atoms with Gasteiger partial charge in [0.25, 0.3) is 0 Å². The molecular weight excluding hydrogens is 328 g/mol. The van der Waals surface area contributed by atoms with Gasteiger partial charge in [-0.3, -0.25) is 0 Å². The minimum atomic E-state index is -0.307. The molecule has 0 radical (unpaired) electrons. The van der Waals surface area contributed by atoms with Gasteiger partial charge < -0.3 is 14.6 Å². The predicted molar refractivity (Wildman–Crippen MR) is 93.0 cm³/mol. The Morgan fingerprint density at radius 3 is 2.85 bits per heavy atom. The third-order valence-corrected chi connectivity index (χ3v) is 10.5. The number of rotatable bonds is 1. The molecule has 0 aromatic rings. The first-order valence-electron chi connectivity index (χ1n) is 10.6. The van der Waals surface area contributed by atoms with Crippen molar-refractivity contribution in [1.82, 2.24) is 0 Å². The number of carbonyl (C=O) groups is 1. The van der Waals surface area contributed by atoms with E-state index in [4.69, 9.17) is 9.47 Å². The number of aliphatic hydroxyl groups is 1. The molecule has 140 valence electrons. The van der Waals surface area contributed by atoms with E-state index in [0.29, 0.717) is 30.3 Å². The van der Waals surface area contributed by atoms with Gasteiger partial charge in [0.15, 0.2) is 0 Å². The summed E-state index contributed by atoms with van der Waals surface area (Å²) in [6.45, 7) is 7.45. The molecular formula is C22H28O4. The van der Waals surface area contributed by atoms with Crippen LogP contribution >= 0.6 is 0 Å². The van der Waals surface area contributed by atoms with Crippen LogP contribution in [0, 0.1) is 39.9 Å². The lowest BCUT2D eigenvalue weighted by molar-refractivity contribution is -0.136. The molecule has 2 aliphatic heterocycles. The lowest BCUT2D eigenvalue weighted by Crippen LogP contribution is -2.60. The molecule has 2 unspecified atom stereocenters. The molecule has 2 spiro atoms. The molecule has 1 saturated heterocycles. The number of ether oxygens (including phenoxy) is 2. The largest absolute Gasteiger partial charge is 0.458 e. The SMILES string of the molecule is CC(C)C12O[C@H]1[C@@H]1C[C@]13[C@]1(C[C@H]1CC1C4=C(CC[C@@]13C)C(=O)OC4)[C@@H]2O. The minimum absolute atomic E-state index is 0.0624. The first kappa shape index (κ1) is 15.1. The maximum atomic E-state index is 12.1. The summed E-state index contributed by atoms with van der Waals surface area (Å²) in [5.74, 6) is 2.01. The summed E-state index contributed by atoms with van der Waals surface area (Å²) in [4.78, 5) is 12.1. The zero-order valence-corrected chi connectivity index (χ0v) is 15.9. The molecule has 1 N–H and O–H groups in total. The van der Waals surface area contributed by atoms with Gasteiger partial charge >= 0.3 is 5.97 Å². The average molecular weight is 356 g/mol. The van der Waals surface area contributed by atoms with Crippen molar-refractivity contribution in [2.45, 2.75) is 70.7 Å². The third-order valence-electron chi connectivity index (χ3n) is 10.5. The van der Waals surface area contributed by atoms with Crippen LogP contribution in [0.2, 0.25) is 0 Å². The summed E-state index contributed by atoms with van der Waals surface area (Å²) < 4.78 is 11.8. The Balaban J connectivity index is 1.39. The number of hydrogen-bond acceptors (Lipinski definition) is 4. The standard InChI is InChI=1S/C22H28O4/c1-10(2)22-16(26-22)15-8-21(15)19(3)5-4-12-13(9-25-17(12)23)14(19)6-11-7-20(11,21)18(22)24/h10-11,14-16,18,24H,4-9H2,1-3H3/t11-,14?,15+,16+,18+,19+,20+,21+,22?/m1/s1. The molecule has 5 aliphatic carbocycles. The van der Waals surface area contributed by atoms with Gasteiger partial charge in [-0.05, 0) is 72.2 Å². The van der Waals surface area contributed by atoms with Crippen molar-refractivity contribution in [2.75, 3.05) is 6.61 Å². The first-order chi connectivity index (χ1) is 12.3. The highest BCUT2D eigenvalue weighted by molar-refractivity contribution is 5.92. The number of hydrogen-bond donors (Lipinski definition) is 1. The van der Waals surface area contributed by atoms with E-state index in [1.165, 1.54) is 18.4 Å². The van der Waals surface area contributed by atoms with E-state index in [9.17, 15) is 9.90 Å². The third kappa shape index (κ3) is 1.15. The number of epoxide rings is 1. The summed E-state index contributed by atoms with van der Waals surface area (Å²) in [5, 5.41) is 11.6. The summed E-state index contributed by atoms with van der Waals surface area (Å²) in [6, 6.07) is 0. The Bertz CT molecular complexity index is 815. The van der Waals surface area contributed by atoms with Gasteiger partial charge in [0.1, 0.15) is 12.2 Å². The number of esters is 1. The Morgan fingerprint density at radius 1 is 1.27 bits per heavy atom. The topological polar surface area (TPSA) is 59.1 Å². The zero-order valence-electron chi connectivity index (χ0n) is 15.9. The second-order valence-electron chi connectivity index (χ2n) is 11.0. The van der Waals surface area contributed by atoms with E-state index in [1.807, 2.05) is 0 Å². The normalized spacial score (nSPS) is 63.1. The number of aliphatic hydroxyl groups excluding tert-OH is 1. The van der Waals surface area contributed by atoms with Crippen molar-refractivity contribution in [3.63, 3.8) is 0 Å². The van der Waals surface area contributed by atoms with Crippen molar-refractivity contribution in [3.8, 4) is 0 Å². The molecule has 2 heterocycles. The molecule has 0 amide bonds. The zero-order chi connectivity index (χ0) is 17.9. The van der Waals surface area contributed by atoms with Gasteiger partial charge in [0, 0.05) is 11.0 Å². The Morgan fingerprint density at radius 2 is 2.08 bits per heavy atom. The minimum Gasteiger partial charge on any atom is -0.458 e. The molecule has 0 aromatic carbocycles. The van der Waals surface area contributed by atoms with Gasteiger partial charge in [-0.25, -0.2) is 4.79 Å². The monoisotopic (exact) mass is 356 g/mol. The molecule has 4 heteroatoms. The molecule has 26 heavy (non-hydrogen) atoms. The van der Waals surface area contributed by atoms with E-state index in [-0.39, 0.29) is 40.0 Å².